The van der Waals surface area contributed by atoms with Crippen LogP contribution in [-0.2, 0) is 11.8 Å². The number of para-hydroxylation sites is 1. The Kier molecular flexibility index (Phi) is 4.96. The fourth-order valence-corrected chi connectivity index (χ4v) is 8.33. The van der Waals surface area contributed by atoms with Crippen LogP contribution in [0, 0.1) is 22.7 Å². The summed E-state index contributed by atoms with van der Waals surface area (Å²) in [5, 5.41) is 33.5. The predicted molar refractivity (Wildman–Crippen MR) is 129 cm³/mol. The van der Waals surface area contributed by atoms with Crippen molar-refractivity contribution in [3.05, 3.63) is 35.5 Å². The van der Waals surface area contributed by atoms with Crippen molar-refractivity contribution in [1.82, 2.24) is 4.98 Å². The lowest BCUT2D eigenvalue weighted by Gasteiger charge is -2.65. The number of benzene rings is 1. The number of nitrogens with one attached hydrogen (secondary N) is 1. The highest BCUT2D eigenvalue weighted by atomic mass is 16.3. The summed E-state index contributed by atoms with van der Waals surface area (Å²) < 4.78 is 0. The molecule has 0 spiro atoms. The lowest BCUT2D eigenvalue weighted by Crippen LogP contribution is -2.62. The van der Waals surface area contributed by atoms with Crippen molar-refractivity contribution in [2.24, 2.45) is 22.7 Å². The van der Waals surface area contributed by atoms with Crippen molar-refractivity contribution in [1.29, 1.82) is 0 Å². The molecule has 176 valence electrons. The van der Waals surface area contributed by atoms with E-state index in [0.717, 1.165) is 32.1 Å². The van der Waals surface area contributed by atoms with Crippen molar-refractivity contribution in [2.45, 2.75) is 103 Å². The minimum absolute atomic E-state index is 0.0561. The Balaban J connectivity index is 1.55. The van der Waals surface area contributed by atoms with Gasteiger partial charge in [0.15, 0.2) is 0 Å². The molecule has 0 aliphatic heterocycles. The lowest BCUT2D eigenvalue weighted by atomic mass is 9.40. The zero-order valence-electron chi connectivity index (χ0n) is 20.4. The molecule has 0 saturated heterocycles. The first kappa shape index (κ1) is 22.4. The van der Waals surface area contributed by atoms with Gasteiger partial charge in [0.1, 0.15) is 0 Å². The van der Waals surface area contributed by atoms with Crippen LogP contribution < -0.4 is 0 Å². The first-order chi connectivity index (χ1) is 14.9. The van der Waals surface area contributed by atoms with Gasteiger partial charge in [-0.3, -0.25) is 0 Å². The second-order valence-electron chi connectivity index (χ2n) is 12.4. The number of aliphatic hydroxyl groups is 3. The van der Waals surface area contributed by atoms with Crippen LogP contribution in [0.1, 0.15) is 84.4 Å². The summed E-state index contributed by atoms with van der Waals surface area (Å²) in [6.07, 6.45) is 5.41. The molecule has 4 heteroatoms. The molecule has 0 bridgehead atoms. The Hall–Kier alpha value is -1.36. The van der Waals surface area contributed by atoms with Crippen LogP contribution in [0.3, 0.4) is 0 Å². The number of fused-ring (bicyclic) bond motifs is 7. The van der Waals surface area contributed by atoms with E-state index in [2.05, 4.69) is 50.0 Å². The molecule has 32 heavy (non-hydrogen) atoms. The smallest absolute Gasteiger partial charge is 0.0849 e. The van der Waals surface area contributed by atoms with E-state index in [1.807, 2.05) is 0 Å². The predicted octanol–water partition coefficient (Wildman–Crippen LogP) is 5.09. The molecule has 0 unspecified atom stereocenters. The van der Waals surface area contributed by atoms with E-state index in [1.54, 1.807) is 13.8 Å². The number of H-pyrrole nitrogens is 1. The zero-order valence-corrected chi connectivity index (χ0v) is 20.4. The maximum Gasteiger partial charge on any atom is 0.0849 e. The molecule has 2 aromatic rings. The molecule has 5 rings (SSSR count). The Morgan fingerprint density at radius 1 is 1.12 bits per heavy atom. The van der Waals surface area contributed by atoms with Gasteiger partial charge in [-0.25, -0.2) is 0 Å². The highest BCUT2D eigenvalue weighted by Crippen LogP contribution is 2.70. The molecule has 0 amide bonds. The average molecular weight is 440 g/mol. The maximum absolute atomic E-state index is 11.3. The Morgan fingerprint density at radius 2 is 1.84 bits per heavy atom. The van der Waals surface area contributed by atoms with Gasteiger partial charge in [-0.1, -0.05) is 39.0 Å². The number of aromatic nitrogens is 1. The molecule has 4 nitrogen and oxygen atoms in total. The normalized spacial score (nSPS) is 40.1. The SMILES string of the molecule is CC(C)(O)[C@H](O)CC[C@]1(C)[C@@H](O)CC[C@@]2(C)[C@H]1CC[C@H]1Cc3c([nH]c4ccccc34)[C@@]12C. The van der Waals surface area contributed by atoms with Gasteiger partial charge in [-0.15, -0.1) is 0 Å². The number of aromatic amines is 1. The van der Waals surface area contributed by atoms with Crippen molar-refractivity contribution in [3.8, 4) is 0 Å². The molecule has 0 radical (unpaired) electrons. The number of rotatable bonds is 4. The number of hydrogen-bond acceptors (Lipinski definition) is 3. The molecule has 2 fully saturated rings. The van der Waals surface area contributed by atoms with E-state index in [1.165, 1.54) is 28.6 Å². The summed E-state index contributed by atoms with van der Waals surface area (Å²) in [6.45, 7) is 10.6. The highest BCUT2D eigenvalue weighted by Gasteiger charge is 2.66. The molecule has 7 atom stereocenters. The summed E-state index contributed by atoms with van der Waals surface area (Å²) in [4.78, 5) is 3.85. The van der Waals surface area contributed by atoms with Gasteiger partial charge >= 0.3 is 0 Å². The summed E-state index contributed by atoms with van der Waals surface area (Å²) in [5.41, 5.74) is 2.95. The van der Waals surface area contributed by atoms with Gasteiger partial charge in [-0.05, 0) is 93.1 Å². The van der Waals surface area contributed by atoms with Crippen LogP contribution in [0.4, 0.5) is 0 Å². The average Bonchev–Trinajstić information content (AvgIpc) is 3.24. The fraction of sp³-hybridized carbons (Fsp3) is 0.714. The van der Waals surface area contributed by atoms with Crippen LogP contribution >= 0.6 is 0 Å². The molecule has 2 saturated carbocycles. The standard InChI is InChI=1S/C28H41NO3/c1-25(2,32)22(30)12-14-26(3)21-11-10-17-16-19-18-8-6-7-9-20(18)29-24(19)28(17,5)27(21,4)15-13-23(26)31/h6-9,17,21-23,29-32H,10-16H2,1-5H3/t17-,21-,22+,23-,26-,27-,28+/m0/s1. The third-order valence-corrected chi connectivity index (χ3v) is 10.6. The Morgan fingerprint density at radius 3 is 2.56 bits per heavy atom. The van der Waals surface area contributed by atoms with E-state index < -0.39 is 11.7 Å². The first-order valence-electron chi connectivity index (χ1n) is 12.6. The zero-order chi connectivity index (χ0) is 23.1. The van der Waals surface area contributed by atoms with Crippen molar-refractivity contribution in [3.63, 3.8) is 0 Å². The summed E-state index contributed by atoms with van der Waals surface area (Å²) in [7, 11) is 0. The second-order valence-corrected chi connectivity index (χ2v) is 12.4. The van der Waals surface area contributed by atoms with Gasteiger partial charge < -0.3 is 20.3 Å². The van der Waals surface area contributed by atoms with E-state index in [-0.39, 0.29) is 22.3 Å². The lowest BCUT2D eigenvalue weighted by molar-refractivity contribution is -0.171. The minimum Gasteiger partial charge on any atom is -0.393 e. The monoisotopic (exact) mass is 439 g/mol. The summed E-state index contributed by atoms with van der Waals surface area (Å²) in [6, 6.07) is 8.72. The molecule has 3 aliphatic carbocycles. The topological polar surface area (TPSA) is 76.5 Å². The van der Waals surface area contributed by atoms with Gasteiger partial charge in [0.2, 0.25) is 0 Å². The molecule has 3 aliphatic rings. The third kappa shape index (κ3) is 2.85. The third-order valence-electron chi connectivity index (χ3n) is 10.6. The van der Waals surface area contributed by atoms with E-state index in [9.17, 15) is 15.3 Å². The number of hydrogen-bond donors (Lipinski definition) is 4. The van der Waals surface area contributed by atoms with Gasteiger partial charge in [-0.2, -0.15) is 0 Å². The van der Waals surface area contributed by atoms with E-state index in [0.29, 0.717) is 18.3 Å². The molecular weight excluding hydrogens is 398 g/mol. The summed E-state index contributed by atoms with van der Waals surface area (Å²) >= 11 is 0. The van der Waals surface area contributed by atoms with Crippen molar-refractivity contribution >= 4 is 10.9 Å². The molecular formula is C28H41NO3. The minimum atomic E-state index is -1.12. The summed E-state index contributed by atoms with van der Waals surface area (Å²) in [5.74, 6) is 1.02. The van der Waals surface area contributed by atoms with Crippen LogP contribution in [0.2, 0.25) is 0 Å². The molecule has 1 heterocycles. The highest BCUT2D eigenvalue weighted by molar-refractivity contribution is 5.86. The van der Waals surface area contributed by atoms with Crippen LogP contribution in [-0.4, -0.2) is 38.1 Å². The van der Waals surface area contributed by atoms with Gasteiger partial charge in [0.05, 0.1) is 17.8 Å². The van der Waals surface area contributed by atoms with Crippen molar-refractivity contribution in [2.75, 3.05) is 0 Å². The molecule has 4 N–H and O–H groups in total. The molecule has 1 aromatic heterocycles. The Labute approximate surface area is 192 Å². The largest absolute Gasteiger partial charge is 0.393 e. The van der Waals surface area contributed by atoms with Crippen molar-refractivity contribution < 1.29 is 15.3 Å². The second kappa shape index (κ2) is 7.07. The molecule has 1 aromatic carbocycles. The van der Waals surface area contributed by atoms with Gasteiger partial charge in [0, 0.05) is 22.0 Å². The quantitative estimate of drug-likeness (QED) is 0.536. The maximum atomic E-state index is 11.3. The first-order valence-corrected chi connectivity index (χ1v) is 12.6. The van der Waals surface area contributed by atoms with Gasteiger partial charge in [0.25, 0.3) is 0 Å². The van der Waals surface area contributed by atoms with Crippen LogP contribution in [0.25, 0.3) is 10.9 Å². The van der Waals surface area contributed by atoms with Crippen LogP contribution in [0.15, 0.2) is 24.3 Å². The van der Waals surface area contributed by atoms with E-state index >= 15 is 0 Å². The van der Waals surface area contributed by atoms with Crippen LogP contribution in [0.5, 0.6) is 0 Å². The Bertz CT molecular complexity index is 1020. The fourth-order valence-electron chi connectivity index (χ4n) is 8.33. The number of aliphatic hydroxyl groups excluding tert-OH is 2. The van der Waals surface area contributed by atoms with E-state index in [4.69, 9.17) is 0 Å².